The van der Waals surface area contributed by atoms with Gasteiger partial charge in [-0.05, 0) is 22.9 Å². The van der Waals surface area contributed by atoms with E-state index < -0.39 is 10.1 Å². The lowest BCUT2D eigenvalue weighted by atomic mass is 10.2. The van der Waals surface area contributed by atoms with Crippen LogP contribution >= 0.6 is 10.8 Å². The number of hydrogen-bond donors (Lipinski definition) is 1. The molecule has 0 aliphatic rings. The van der Waals surface area contributed by atoms with Crippen LogP contribution in [0.2, 0.25) is 0 Å². The zero-order chi connectivity index (χ0) is 11.5. The summed E-state index contributed by atoms with van der Waals surface area (Å²) in [7, 11) is -1.30. The second-order valence-electron chi connectivity index (χ2n) is 3.12. The molecule has 1 atom stereocenters. The molecule has 0 amide bonds. The first kappa shape index (κ1) is 11.4. The number of benzene rings is 1. The number of rotatable bonds is 3. The highest BCUT2D eigenvalue weighted by atomic mass is 33.1. The third-order valence-corrected chi connectivity index (χ3v) is 3.68. The van der Waals surface area contributed by atoms with Crippen molar-refractivity contribution in [2.45, 2.75) is 0 Å². The average molecular weight is 255 g/mol. The van der Waals surface area contributed by atoms with E-state index in [1.165, 1.54) is 4.57 Å². The Bertz CT molecular complexity index is 550. The maximum absolute atomic E-state index is 11.7. The molecule has 0 bridgehead atoms. The van der Waals surface area contributed by atoms with Gasteiger partial charge in [0.15, 0.2) is 0 Å². The molecule has 84 valence electrons. The van der Waals surface area contributed by atoms with E-state index in [0.29, 0.717) is 10.8 Å². The molecule has 1 heterocycles. The largest absolute Gasteiger partial charge is 0.298 e. The van der Waals surface area contributed by atoms with Gasteiger partial charge in [0, 0.05) is 11.6 Å². The van der Waals surface area contributed by atoms with Crippen LogP contribution in [-0.2, 0) is 10.1 Å². The van der Waals surface area contributed by atoms with Crippen molar-refractivity contribution in [3.63, 3.8) is 0 Å². The van der Waals surface area contributed by atoms with Crippen LogP contribution < -0.4 is 0 Å². The Hall–Kier alpha value is -1.11. The fraction of sp³-hybridized carbons (Fsp3) is 0.100. The van der Waals surface area contributed by atoms with E-state index in [9.17, 15) is 9.00 Å². The van der Waals surface area contributed by atoms with Gasteiger partial charge in [-0.1, -0.05) is 18.2 Å². The average Bonchev–Trinajstić information content (AvgIpc) is 2.69. The van der Waals surface area contributed by atoms with Crippen LogP contribution in [0.3, 0.4) is 0 Å². The molecule has 0 spiro atoms. The Balaban J connectivity index is 2.26. The highest BCUT2D eigenvalue weighted by Crippen LogP contribution is 2.16. The second kappa shape index (κ2) is 4.82. The molecule has 1 unspecified atom stereocenters. The van der Waals surface area contributed by atoms with E-state index in [2.05, 4.69) is 0 Å². The summed E-state index contributed by atoms with van der Waals surface area (Å²) in [6.45, 7) is 0. The summed E-state index contributed by atoms with van der Waals surface area (Å²) in [5.41, 5.74) is 0.817. The monoisotopic (exact) mass is 255 g/mol. The van der Waals surface area contributed by atoms with Crippen molar-refractivity contribution in [1.29, 1.82) is 0 Å². The maximum Gasteiger partial charge on any atom is 0.242 e. The Morgan fingerprint density at radius 2 is 2.12 bits per heavy atom. The molecule has 16 heavy (non-hydrogen) atoms. The van der Waals surface area contributed by atoms with Crippen molar-refractivity contribution in [3.8, 4) is 0 Å². The number of aromatic nitrogens is 1. The molecule has 4 nitrogen and oxygen atoms in total. The Kier molecular flexibility index (Phi) is 3.42. The lowest BCUT2D eigenvalue weighted by Gasteiger charge is -2.01. The molecule has 0 fully saturated rings. The Morgan fingerprint density at radius 1 is 1.38 bits per heavy atom. The summed E-state index contributed by atoms with van der Waals surface area (Å²) in [5, 5.41) is 0.978. The summed E-state index contributed by atoms with van der Waals surface area (Å²) < 4.78 is 20.5. The maximum atomic E-state index is 11.7. The van der Waals surface area contributed by atoms with E-state index >= 15 is 0 Å². The van der Waals surface area contributed by atoms with E-state index in [1.807, 2.05) is 30.3 Å². The van der Waals surface area contributed by atoms with Gasteiger partial charge in [0.25, 0.3) is 0 Å². The summed E-state index contributed by atoms with van der Waals surface area (Å²) in [5.74, 6) is -0.212. The van der Waals surface area contributed by atoms with Gasteiger partial charge in [-0.3, -0.25) is 13.9 Å². The van der Waals surface area contributed by atoms with Gasteiger partial charge in [-0.25, -0.2) is 4.21 Å². The number of carbonyl (C=O) groups is 1. The van der Waals surface area contributed by atoms with Crippen LogP contribution in [0.1, 0.15) is 4.79 Å². The van der Waals surface area contributed by atoms with Crippen LogP contribution in [-0.4, -0.2) is 25.0 Å². The van der Waals surface area contributed by atoms with Crippen LogP contribution in [0.4, 0.5) is 0 Å². The quantitative estimate of drug-likeness (QED) is 0.674. The van der Waals surface area contributed by atoms with E-state index in [4.69, 9.17) is 4.55 Å². The van der Waals surface area contributed by atoms with Crippen molar-refractivity contribution < 1.29 is 13.6 Å². The standard InChI is InChI=1S/C10H9NO3S2/c12-10(7-15-16(13)14)11-6-5-8-3-1-2-4-9(8)11/h1-6H,7H2,(H,13,14). The zero-order valence-electron chi connectivity index (χ0n) is 8.20. The first-order chi connectivity index (χ1) is 7.68. The second-order valence-corrected chi connectivity index (χ2v) is 5.64. The predicted molar refractivity (Wildman–Crippen MR) is 65.8 cm³/mol. The van der Waals surface area contributed by atoms with Gasteiger partial charge in [0.05, 0.1) is 11.3 Å². The highest BCUT2D eigenvalue weighted by molar-refractivity contribution is 8.67. The van der Waals surface area contributed by atoms with Crippen LogP contribution in [0.15, 0.2) is 36.5 Å². The van der Waals surface area contributed by atoms with Crippen molar-refractivity contribution in [3.05, 3.63) is 36.5 Å². The first-order valence-electron chi connectivity index (χ1n) is 4.52. The molecular weight excluding hydrogens is 246 g/mol. The molecular formula is C10H9NO3S2. The SMILES string of the molecule is O=C(CSS(=O)O)n1ccc2ccccc21. The van der Waals surface area contributed by atoms with E-state index in [-0.39, 0.29) is 11.7 Å². The lowest BCUT2D eigenvalue weighted by molar-refractivity contribution is 0.0947. The minimum atomic E-state index is -2.00. The summed E-state index contributed by atoms with van der Waals surface area (Å²) in [6.07, 6.45) is 1.67. The molecule has 1 aromatic heterocycles. The minimum Gasteiger partial charge on any atom is -0.298 e. The number of fused-ring (bicyclic) bond motifs is 1. The topological polar surface area (TPSA) is 59.3 Å². The van der Waals surface area contributed by atoms with Gasteiger partial charge < -0.3 is 0 Å². The summed E-state index contributed by atoms with van der Waals surface area (Å²) >= 11 is 0. The van der Waals surface area contributed by atoms with Gasteiger partial charge in [-0.15, -0.1) is 0 Å². The fourth-order valence-corrected chi connectivity index (χ4v) is 2.42. The molecule has 6 heteroatoms. The Morgan fingerprint density at radius 3 is 2.88 bits per heavy atom. The van der Waals surface area contributed by atoms with Crippen LogP contribution in [0, 0.1) is 0 Å². The van der Waals surface area contributed by atoms with Crippen molar-refractivity contribution in [2.75, 3.05) is 5.75 Å². The molecule has 0 saturated heterocycles. The van der Waals surface area contributed by atoms with Gasteiger partial charge >= 0.3 is 0 Å². The van der Waals surface area contributed by atoms with Crippen LogP contribution in [0.25, 0.3) is 10.9 Å². The van der Waals surface area contributed by atoms with Gasteiger partial charge in [0.1, 0.15) is 0 Å². The first-order valence-corrected chi connectivity index (χ1v) is 7.13. The lowest BCUT2D eigenvalue weighted by Crippen LogP contribution is -2.12. The number of hydrogen-bond acceptors (Lipinski definition) is 3. The number of nitrogens with zero attached hydrogens (tertiary/aromatic N) is 1. The molecule has 2 aromatic rings. The molecule has 0 radical (unpaired) electrons. The third-order valence-electron chi connectivity index (χ3n) is 2.15. The third kappa shape index (κ3) is 2.34. The van der Waals surface area contributed by atoms with E-state index in [1.54, 1.807) is 6.20 Å². The molecule has 0 aliphatic heterocycles. The normalized spacial score (nSPS) is 12.8. The highest BCUT2D eigenvalue weighted by Gasteiger charge is 2.09. The summed E-state index contributed by atoms with van der Waals surface area (Å²) in [6, 6.07) is 9.34. The van der Waals surface area contributed by atoms with Gasteiger partial charge in [-0.2, -0.15) is 0 Å². The minimum absolute atomic E-state index is 0.0121. The van der Waals surface area contributed by atoms with Crippen molar-refractivity contribution >= 4 is 37.7 Å². The van der Waals surface area contributed by atoms with Crippen molar-refractivity contribution in [2.24, 2.45) is 0 Å². The van der Waals surface area contributed by atoms with Gasteiger partial charge in [0.2, 0.25) is 16.0 Å². The molecule has 0 aliphatic carbocycles. The molecule has 0 saturated carbocycles. The predicted octanol–water partition coefficient (Wildman–Crippen LogP) is 2.15. The number of carbonyl (C=O) groups excluding carboxylic acids is 1. The van der Waals surface area contributed by atoms with E-state index in [0.717, 1.165) is 10.9 Å². The zero-order valence-corrected chi connectivity index (χ0v) is 9.83. The van der Waals surface area contributed by atoms with Crippen LogP contribution in [0.5, 0.6) is 0 Å². The fourth-order valence-electron chi connectivity index (χ4n) is 1.47. The molecule has 1 aromatic carbocycles. The molecule has 2 rings (SSSR count). The summed E-state index contributed by atoms with van der Waals surface area (Å²) in [4.78, 5) is 11.7. The van der Waals surface area contributed by atoms with Crippen molar-refractivity contribution in [1.82, 2.24) is 4.57 Å². The molecule has 1 N–H and O–H groups in total. The number of para-hydroxylation sites is 1. The Labute approximate surface area is 98.3 Å². The smallest absolute Gasteiger partial charge is 0.242 e.